The lowest BCUT2D eigenvalue weighted by Crippen LogP contribution is -2.24. The largest absolute Gasteiger partial charge is 0.460 e. The van der Waals surface area contributed by atoms with Gasteiger partial charge in [-0.15, -0.1) is 0 Å². The maximum Gasteiger partial charge on any atom is 0.306 e. The number of ether oxygens (including phenoxy) is 1. The van der Waals surface area contributed by atoms with Crippen LogP contribution in [0.25, 0.3) is 0 Å². The molecule has 1 fully saturated rings. The zero-order valence-corrected chi connectivity index (χ0v) is 15.3. The highest BCUT2D eigenvalue weighted by Crippen LogP contribution is 2.19. The molecule has 1 rings (SSSR count). The zero-order chi connectivity index (χ0) is 18.2. The van der Waals surface area contributed by atoms with E-state index in [0.29, 0.717) is 19.3 Å². The van der Waals surface area contributed by atoms with Crippen LogP contribution in [0.1, 0.15) is 58.3 Å². The Morgan fingerprint density at radius 1 is 0.920 bits per heavy atom. The molecule has 3 heteroatoms. The molecule has 25 heavy (non-hydrogen) atoms. The number of esters is 1. The molecular weight excluding hydrogens is 312 g/mol. The second-order valence-corrected chi connectivity index (χ2v) is 6.08. The van der Waals surface area contributed by atoms with Crippen molar-refractivity contribution in [1.29, 1.82) is 0 Å². The van der Waals surface area contributed by atoms with Crippen molar-refractivity contribution < 1.29 is 14.6 Å². The Morgan fingerprint density at radius 2 is 1.40 bits per heavy atom. The summed E-state index contributed by atoms with van der Waals surface area (Å²) in [5, 5.41) is 9.91. The topological polar surface area (TPSA) is 46.5 Å². The monoisotopic (exact) mass is 344 g/mol. The number of carbonyl (C=O) groups is 1. The van der Waals surface area contributed by atoms with Crippen molar-refractivity contribution in [2.24, 2.45) is 0 Å². The molecule has 0 radical (unpaired) electrons. The maximum atomic E-state index is 11.0. The van der Waals surface area contributed by atoms with Gasteiger partial charge in [0.05, 0.1) is 6.10 Å². The van der Waals surface area contributed by atoms with Gasteiger partial charge in [-0.3, -0.25) is 4.79 Å². The molecule has 1 aliphatic rings. The van der Waals surface area contributed by atoms with Crippen LogP contribution in [0.15, 0.2) is 60.8 Å². The van der Waals surface area contributed by atoms with Crippen LogP contribution in [0.3, 0.4) is 0 Å². The third-order valence-corrected chi connectivity index (χ3v) is 3.88. The van der Waals surface area contributed by atoms with Crippen LogP contribution in [-0.4, -0.2) is 23.3 Å². The summed E-state index contributed by atoms with van der Waals surface area (Å²) in [6.45, 7) is 2.14. The van der Waals surface area contributed by atoms with E-state index in [4.69, 9.17) is 4.74 Å². The highest BCUT2D eigenvalue weighted by atomic mass is 16.6. The molecule has 0 bridgehead atoms. The van der Waals surface area contributed by atoms with Crippen LogP contribution in [0.4, 0.5) is 0 Å². The lowest BCUT2D eigenvalue weighted by Gasteiger charge is -2.14. The Labute approximate surface area is 152 Å². The van der Waals surface area contributed by atoms with Gasteiger partial charge in [0, 0.05) is 6.42 Å². The first kappa shape index (κ1) is 21.2. The second-order valence-electron chi connectivity index (χ2n) is 6.08. The van der Waals surface area contributed by atoms with Crippen molar-refractivity contribution in [3.8, 4) is 0 Å². The predicted octanol–water partition coefficient (Wildman–Crippen LogP) is 5.19. The molecular formula is C22H32O3. The molecule has 1 saturated heterocycles. The molecule has 1 aliphatic heterocycles. The summed E-state index contributed by atoms with van der Waals surface area (Å²) in [7, 11) is 0. The minimum absolute atomic E-state index is 0.201. The molecule has 0 aromatic heterocycles. The van der Waals surface area contributed by atoms with Crippen molar-refractivity contribution in [2.75, 3.05) is 0 Å². The van der Waals surface area contributed by atoms with Crippen molar-refractivity contribution in [3.05, 3.63) is 60.8 Å². The van der Waals surface area contributed by atoms with Gasteiger partial charge in [-0.25, -0.2) is 0 Å². The fourth-order valence-electron chi connectivity index (χ4n) is 2.46. The molecule has 1 N–H and O–H groups in total. The van der Waals surface area contributed by atoms with E-state index in [1.807, 2.05) is 12.2 Å². The Hall–Kier alpha value is -1.87. The zero-order valence-electron chi connectivity index (χ0n) is 15.3. The lowest BCUT2D eigenvalue weighted by molar-refractivity contribution is -0.145. The Balaban J connectivity index is 2.01. The van der Waals surface area contributed by atoms with E-state index in [-0.39, 0.29) is 12.1 Å². The van der Waals surface area contributed by atoms with Crippen LogP contribution in [-0.2, 0) is 9.53 Å². The first-order valence-corrected chi connectivity index (χ1v) is 9.36. The van der Waals surface area contributed by atoms with Crippen molar-refractivity contribution in [2.45, 2.75) is 70.5 Å². The minimum atomic E-state index is -0.583. The third-order valence-electron chi connectivity index (χ3n) is 3.88. The molecule has 0 amide bonds. The molecule has 0 unspecified atom stereocenters. The summed E-state index contributed by atoms with van der Waals surface area (Å²) in [6.07, 6.45) is 26.9. The summed E-state index contributed by atoms with van der Waals surface area (Å²) >= 11 is 0. The lowest BCUT2D eigenvalue weighted by atomic mass is 10.1. The van der Waals surface area contributed by atoms with E-state index >= 15 is 0 Å². The van der Waals surface area contributed by atoms with Crippen LogP contribution in [0.5, 0.6) is 0 Å². The van der Waals surface area contributed by atoms with E-state index in [1.54, 1.807) is 0 Å². The van der Waals surface area contributed by atoms with Gasteiger partial charge in [0.1, 0.15) is 6.10 Å². The van der Waals surface area contributed by atoms with Crippen molar-refractivity contribution >= 4 is 5.97 Å². The average Bonchev–Trinajstić information content (AvgIpc) is 3.04. The first-order chi connectivity index (χ1) is 12.2. The quantitative estimate of drug-likeness (QED) is 0.391. The Kier molecular flexibility index (Phi) is 12.3. The van der Waals surface area contributed by atoms with Gasteiger partial charge in [0.25, 0.3) is 0 Å². The standard InChI is InChI=1S/C22H32O3/c1-2-3-4-5-6-7-8-9-10-11-12-13-14-15-16-17-20(23)21-18-19-22(24)25-21/h3-4,6-7,9-10,12-13,15-16,20-21,23H,2,5,8,11,14,17-19H2,1H3/t20-,21+/m1/s1. The average molecular weight is 344 g/mol. The van der Waals surface area contributed by atoms with Crippen LogP contribution in [0.2, 0.25) is 0 Å². The maximum absolute atomic E-state index is 11.0. The van der Waals surface area contributed by atoms with Gasteiger partial charge in [0.15, 0.2) is 0 Å². The molecule has 0 saturated carbocycles. The highest BCUT2D eigenvalue weighted by molar-refractivity contribution is 5.71. The van der Waals surface area contributed by atoms with E-state index in [2.05, 4.69) is 55.5 Å². The summed E-state index contributed by atoms with van der Waals surface area (Å²) in [6, 6.07) is 0. The molecule has 3 nitrogen and oxygen atoms in total. The van der Waals surface area contributed by atoms with Crippen LogP contribution < -0.4 is 0 Å². The predicted molar refractivity (Wildman–Crippen MR) is 104 cm³/mol. The third kappa shape index (κ3) is 11.3. The molecule has 1 heterocycles. The van der Waals surface area contributed by atoms with Crippen LogP contribution in [0, 0.1) is 0 Å². The van der Waals surface area contributed by atoms with E-state index in [0.717, 1.165) is 32.1 Å². The minimum Gasteiger partial charge on any atom is -0.460 e. The molecule has 0 aromatic rings. The van der Waals surface area contributed by atoms with Gasteiger partial charge in [0.2, 0.25) is 0 Å². The van der Waals surface area contributed by atoms with Crippen molar-refractivity contribution in [1.82, 2.24) is 0 Å². The number of aliphatic hydroxyl groups is 1. The number of rotatable bonds is 12. The van der Waals surface area contributed by atoms with Gasteiger partial charge < -0.3 is 9.84 Å². The molecule has 2 atom stereocenters. The number of allylic oxidation sites excluding steroid dienone is 9. The fourth-order valence-corrected chi connectivity index (χ4v) is 2.46. The Morgan fingerprint density at radius 3 is 1.84 bits per heavy atom. The highest BCUT2D eigenvalue weighted by Gasteiger charge is 2.28. The van der Waals surface area contributed by atoms with Crippen molar-refractivity contribution in [3.63, 3.8) is 0 Å². The molecule has 0 aliphatic carbocycles. The normalized spacial score (nSPS) is 20.1. The number of aliphatic hydroxyl groups excluding tert-OH is 1. The second kappa shape index (κ2) is 14.5. The number of cyclic esters (lactones) is 1. The summed E-state index contributed by atoms with van der Waals surface area (Å²) in [5.41, 5.74) is 0. The van der Waals surface area contributed by atoms with Crippen LogP contribution >= 0.6 is 0 Å². The van der Waals surface area contributed by atoms with Gasteiger partial charge in [-0.05, 0) is 44.9 Å². The fraction of sp³-hybridized carbons (Fsp3) is 0.500. The smallest absolute Gasteiger partial charge is 0.306 e. The van der Waals surface area contributed by atoms with Gasteiger partial charge in [-0.1, -0.05) is 67.7 Å². The summed E-state index contributed by atoms with van der Waals surface area (Å²) in [5.74, 6) is -0.201. The first-order valence-electron chi connectivity index (χ1n) is 9.36. The van der Waals surface area contributed by atoms with Gasteiger partial charge >= 0.3 is 5.97 Å². The van der Waals surface area contributed by atoms with E-state index in [1.165, 1.54) is 0 Å². The van der Waals surface area contributed by atoms with Gasteiger partial charge in [-0.2, -0.15) is 0 Å². The summed E-state index contributed by atoms with van der Waals surface area (Å²) < 4.78 is 5.05. The Bertz CT molecular complexity index is 497. The number of hydrogen-bond acceptors (Lipinski definition) is 3. The SMILES string of the molecule is CCC=CCC=CCC=CCC=CCC=CC[C@@H](O)[C@@H]1CCC(=O)O1. The number of hydrogen-bond donors (Lipinski definition) is 1. The van der Waals surface area contributed by atoms with E-state index < -0.39 is 6.10 Å². The molecule has 138 valence electrons. The number of carbonyl (C=O) groups excluding carboxylic acids is 1. The molecule has 0 aromatic carbocycles. The van der Waals surface area contributed by atoms with E-state index in [9.17, 15) is 9.90 Å². The summed E-state index contributed by atoms with van der Waals surface area (Å²) in [4.78, 5) is 11.0. The molecule has 0 spiro atoms.